The van der Waals surface area contributed by atoms with Crippen molar-refractivity contribution in [3.05, 3.63) is 36.2 Å². The Morgan fingerprint density at radius 1 is 1.26 bits per heavy atom. The number of nitrogens with zero attached hydrogens (tertiary/aromatic N) is 4. The first-order valence-corrected chi connectivity index (χ1v) is 9.17. The van der Waals surface area contributed by atoms with E-state index in [9.17, 15) is 5.11 Å². The maximum Gasteiger partial charge on any atom is 0.164 e. The lowest BCUT2D eigenvalue weighted by atomic mass is 10.1. The summed E-state index contributed by atoms with van der Waals surface area (Å²) in [5.41, 5.74) is 10.5. The van der Waals surface area contributed by atoms with Crippen molar-refractivity contribution in [1.82, 2.24) is 30.0 Å². The fraction of sp³-hybridized carbons (Fsp3) is 0.316. The van der Waals surface area contributed by atoms with E-state index in [0.717, 1.165) is 64.8 Å². The van der Waals surface area contributed by atoms with Gasteiger partial charge in [-0.1, -0.05) is 6.07 Å². The van der Waals surface area contributed by atoms with Crippen molar-refractivity contribution in [3.63, 3.8) is 0 Å². The second-order valence-corrected chi connectivity index (χ2v) is 7.01. The Bertz CT molecular complexity index is 1120. The molecule has 4 aromatic rings. The van der Waals surface area contributed by atoms with Crippen LogP contribution in [0.4, 0.5) is 5.82 Å². The van der Waals surface area contributed by atoms with E-state index in [0.29, 0.717) is 5.82 Å². The third-order valence-corrected chi connectivity index (χ3v) is 5.26. The normalized spacial score (nSPS) is 17.7. The number of benzene rings is 1. The van der Waals surface area contributed by atoms with Crippen LogP contribution >= 0.6 is 0 Å². The Labute approximate surface area is 155 Å². The summed E-state index contributed by atoms with van der Waals surface area (Å²) in [4.78, 5) is 12.1. The predicted molar refractivity (Wildman–Crippen MR) is 104 cm³/mol. The van der Waals surface area contributed by atoms with Crippen LogP contribution in [0, 0.1) is 0 Å². The lowest BCUT2D eigenvalue weighted by Crippen LogP contribution is -2.32. The molecule has 0 bridgehead atoms. The Hall–Kier alpha value is -2.97. The van der Waals surface area contributed by atoms with Gasteiger partial charge in [0.15, 0.2) is 5.65 Å². The first-order chi connectivity index (χ1) is 13.2. The van der Waals surface area contributed by atoms with Crippen LogP contribution in [0.15, 0.2) is 30.6 Å². The second kappa shape index (κ2) is 6.33. The molecule has 1 saturated heterocycles. The molecular weight excluding hydrogens is 342 g/mol. The molecule has 1 fully saturated rings. The zero-order valence-electron chi connectivity index (χ0n) is 14.8. The molecule has 1 aliphatic rings. The summed E-state index contributed by atoms with van der Waals surface area (Å²) >= 11 is 0. The Morgan fingerprint density at radius 3 is 3.00 bits per heavy atom. The van der Waals surface area contributed by atoms with Crippen LogP contribution in [0.5, 0.6) is 0 Å². The van der Waals surface area contributed by atoms with Crippen LogP contribution < -0.4 is 11.1 Å². The standard InChI is InChI=1S/C19H21N7O/c20-18-16-17(15-7-12-6-11(9-27)3-4-14(12)24-15)25-26(19(16)23-10-22-18)13-2-1-5-21-8-13/h3-4,6-7,10,13,21,24,27H,1-2,5,8-9H2,(H2,20,22,23)/t13-/m1/s1. The molecule has 0 saturated carbocycles. The number of hydrogen-bond donors (Lipinski definition) is 4. The van der Waals surface area contributed by atoms with Gasteiger partial charge in [-0.2, -0.15) is 5.10 Å². The van der Waals surface area contributed by atoms with Crippen molar-refractivity contribution in [1.29, 1.82) is 0 Å². The van der Waals surface area contributed by atoms with Gasteiger partial charge >= 0.3 is 0 Å². The number of nitrogen functional groups attached to an aromatic ring is 1. The number of nitrogens with two attached hydrogens (primary N) is 1. The Kier molecular flexibility index (Phi) is 3.80. The molecule has 5 rings (SSSR count). The first-order valence-electron chi connectivity index (χ1n) is 9.17. The van der Waals surface area contributed by atoms with E-state index < -0.39 is 0 Å². The molecule has 3 aromatic heterocycles. The van der Waals surface area contributed by atoms with Gasteiger partial charge in [0.05, 0.1) is 23.7 Å². The van der Waals surface area contributed by atoms with Gasteiger partial charge in [-0.25, -0.2) is 14.6 Å². The van der Waals surface area contributed by atoms with Crippen LogP contribution in [0.2, 0.25) is 0 Å². The molecule has 27 heavy (non-hydrogen) atoms. The minimum absolute atomic E-state index is 0.0173. The fourth-order valence-corrected chi connectivity index (χ4v) is 3.89. The summed E-state index contributed by atoms with van der Waals surface area (Å²) in [6.07, 6.45) is 3.66. The number of H-pyrrole nitrogens is 1. The molecule has 0 amide bonds. The van der Waals surface area contributed by atoms with Gasteiger partial charge in [0.2, 0.25) is 0 Å². The van der Waals surface area contributed by atoms with Crippen LogP contribution in [-0.4, -0.2) is 42.9 Å². The lowest BCUT2D eigenvalue weighted by Gasteiger charge is -2.23. The molecule has 0 unspecified atom stereocenters. The molecule has 1 atom stereocenters. The van der Waals surface area contributed by atoms with Gasteiger partial charge in [0, 0.05) is 17.4 Å². The maximum absolute atomic E-state index is 9.38. The number of aliphatic hydroxyl groups excluding tert-OH is 1. The molecule has 138 valence electrons. The molecule has 4 heterocycles. The number of rotatable bonds is 3. The first kappa shape index (κ1) is 16.2. The number of anilines is 1. The van der Waals surface area contributed by atoms with Crippen LogP contribution in [0.3, 0.4) is 0 Å². The van der Waals surface area contributed by atoms with Gasteiger partial charge < -0.3 is 21.1 Å². The fourth-order valence-electron chi connectivity index (χ4n) is 3.89. The quantitative estimate of drug-likeness (QED) is 0.442. The smallest absolute Gasteiger partial charge is 0.164 e. The number of aromatic nitrogens is 5. The highest BCUT2D eigenvalue weighted by Gasteiger charge is 2.24. The summed E-state index contributed by atoms with van der Waals surface area (Å²) in [5, 5.41) is 19.5. The SMILES string of the molecule is Nc1ncnc2c1c(-c1cc3cc(CO)ccc3[nH]1)nn2[C@@H]1CCCNC1. The molecule has 0 radical (unpaired) electrons. The minimum atomic E-state index is 0.0173. The van der Waals surface area contributed by atoms with E-state index >= 15 is 0 Å². The van der Waals surface area contributed by atoms with E-state index in [2.05, 4.69) is 20.3 Å². The van der Waals surface area contributed by atoms with E-state index in [1.165, 1.54) is 6.33 Å². The second-order valence-electron chi connectivity index (χ2n) is 7.01. The van der Waals surface area contributed by atoms with Crippen molar-refractivity contribution in [2.75, 3.05) is 18.8 Å². The monoisotopic (exact) mass is 363 g/mol. The third kappa shape index (κ3) is 2.65. The van der Waals surface area contributed by atoms with Crippen molar-refractivity contribution in [3.8, 4) is 11.4 Å². The summed E-state index contributed by atoms with van der Waals surface area (Å²) in [6, 6.07) is 8.12. The summed E-state index contributed by atoms with van der Waals surface area (Å²) in [6.45, 7) is 1.92. The van der Waals surface area contributed by atoms with Crippen LogP contribution in [0.1, 0.15) is 24.4 Å². The molecule has 8 nitrogen and oxygen atoms in total. The predicted octanol–water partition coefficient (Wildman–Crippen LogP) is 1.97. The van der Waals surface area contributed by atoms with Crippen molar-refractivity contribution in [2.24, 2.45) is 0 Å². The van der Waals surface area contributed by atoms with Gasteiger partial charge in [-0.15, -0.1) is 0 Å². The minimum Gasteiger partial charge on any atom is -0.392 e. The summed E-state index contributed by atoms with van der Waals surface area (Å²) in [7, 11) is 0. The zero-order valence-corrected chi connectivity index (χ0v) is 14.8. The van der Waals surface area contributed by atoms with E-state index in [4.69, 9.17) is 10.8 Å². The molecule has 8 heteroatoms. The topological polar surface area (TPSA) is 118 Å². The number of hydrogen-bond acceptors (Lipinski definition) is 6. The number of aromatic amines is 1. The van der Waals surface area contributed by atoms with Gasteiger partial charge in [-0.05, 0) is 43.1 Å². The van der Waals surface area contributed by atoms with E-state index in [1.54, 1.807) is 0 Å². The van der Waals surface area contributed by atoms with Crippen molar-refractivity contribution in [2.45, 2.75) is 25.5 Å². The summed E-state index contributed by atoms with van der Waals surface area (Å²) in [5.74, 6) is 0.430. The molecule has 0 spiro atoms. The lowest BCUT2D eigenvalue weighted by molar-refractivity contribution is 0.282. The largest absolute Gasteiger partial charge is 0.392 e. The maximum atomic E-state index is 9.38. The van der Waals surface area contributed by atoms with E-state index in [-0.39, 0.29) is 12.6 Å². The molecule has 1 aliphatic heterocycles. The Morgan fingerprint density at radius 2 is 2.19 bits per heavy atom. The van der Waals surface area contributed by atoms with Crippen LogP contribution in [0.25, 0.3) is 33.3 Å². The molecule has 5 N–H and O–H groups in total. The average Bonchev–Trinajstić information content (AvgIpc) is 3.30. The van der Waals surface area contributed by atoms with Gasteiger partial charge in [0.1, 0.15) is 17.8 Å². The highest BCUT2D eigenvalue weighted by Crippen LogP contribution is 2.34. The average molecular weight is 363 g/mol. The number of fused-ring (bicyclic) bond motifs is 2. The molecular formula is C19H21N7O. The highest BCUT2D eigenvalue weighted by molar-refractivity contribution is 5.99. The van der Waals surface area contributed by atoms with Gasteiger partial charge in [-0.3, -0.25) is 0 Å². The van der Waals surface area contributed by atoms with Gasteiger partial charge in [0.25, 0.3) is 0 Å². The molecule has 0 aliphatic carbocycles. The Balaban J connectivity index is 1.70. The van der Waals surface area contributed by atoms with Crippen molar-refractivity contribution >= 4 is 27.8 Å². The van der Waals surface area contributed by atoms with Crippen molar-refractivity contribution < 1.29 is 5.11 Å². The van der Waals surface area contributed by atoms with Crippen LogP contribution in [-0.2, 0) is 6.61 Å². The number of piperidine rings is 1. The molecule has 1 aromatic carbocycles. The highest BCUT2D eigenvalue weighted by atomic mass is 16.3. The summed E-state index contributed by atoms with van der Waals surface area (Å²) < 4.78 is 1.99. The third-order valence-electron chi connectivity index (χ3n) is 5.26. The number of aliphatic hydroxyl groups is 1. The van der Waals surface area contributed by atoms with E-state index in [1.807, 2.05) is 28.9 Å². The number of nitrogens with one attached hydrogen (secondary N) is 2. The zero-order chi connectivity index (χ0) is 18.4.